The van der Waals surface area contributed by atoms with Gasteiger partial charge in [0.15, 0.2) is 0 Å². The molecule has 0 aliphatic carbocycles. The fourth-order valence-electron chi connectivity index (χ4n) is 1.73. The number of nitrogens with zero attached hydrogens (tertiary/aromatic N) is 2. The second kappa shape index (κ2) is 5.60. The number of aliphatic imine (C=N–C) groups is 1. The average Bonchev–Trinajstić information content (AvgIpc) is 2.26. The van der Waals surface area contributed by atoms with E-state index in [4.69, 9.17) is 5.73 Å². The predicted octanol–water partition coefficient (Wildman–Crippen LogP) is 0.717. The second-order valence-corrected chi connectivity index (χ2v) is 5.82. The number of hydrogen-bond donors (Lipinski definition) is 3. The third-order valence-corrected chi connectivity index (χ3v) is 2.82. The molecule has 1 aliphatic heterocycles. The molecule has 0 radical (unpaired) electrons. The Labute approximate surface area is 104 Å². The molecule has 0 saturated heterocycles. The molecule has 0 fully saturated rings. The summed E-state index contributed by atoms with van der Waals surface area (Å²) in [5, 5.41) is 7.47. The first-order chi connectivity index (χ1) is 7.91. The molecule has 1 unspecified atom stereocenters. The molecule has 5 heteroatoms. The molecule has 0 aromatic carbocycles. The summed E-state index contributed by atoms with van der Waals surface area (Å²) in [7, 11) is 1.94. The molecular weight excluding hydrogens is 214 g/mol. The van der Waals surface area contributed by atoms with Crippen LogP contribution in [0, 0.1) is 5.41 Å². The zero-order valence-corrected chi connectivity index (χ0v) is 11.4. The number of nitrogens with two attached hydrogens (primary N) is 1. The minimum atomic E-state index is -0.142. The number of nitrogens with one attached hydrogen (secondary N) is 2. The lowest BCUT2D eigenvalue weighted by Gasteiger charge is -2.32. The van der Waals surface area contributed by atoms with Crippen LogP contribution in [0.5, 0.6) is 0 Å². The van der Waals surface area contributed by atoms with Gasteiger partial charge in [0.25, 0.3) is 0 Å². The van der Waals surface area contributed by atoms with Crippen molar-refractivity contribution >= 4 is 12.1 Å². The van der Waals surface area contributed by atoms with Crippen molar-refractivity contribution in [2.75, 3.05) is 20.1 Å². The van der Waals surface area contributed by atoms with Gasteiger partial charge >= 0.3 is 0 Å². The van der Waals surface area contributed by atoms with Gasteiger partial charge in [0.2, 0.25) is 0 Å². The van der Waals surface area contributed by atoms with Crippen molar-refractivity contribution in [3.63, 3.8) is 0 Å². The summed E-state index contributed by atoms with van der Waals surface area (Å²) in [6, 6.07) is 0. The van der Waals surface area contributed by atoms with Crippen LogP contribution in [-0.2, 0) is 0 Å². The summed E-state index contributed by atoms with van der Waals surface area (Å²) in [5.41, 5.74) is 8.68. The van der Waals surface area contributed by atoms with Gasteiger partial charge in [-0.1, -0.05) is 20.8 Å². The van der Waals surface area contributed by atoms with Crippen molar-refractivity contribution in [3.05, 3.63) is 0 Å². The van der Waals surface area contributed by atoms with E-state index in [1.165, 1.54) is 0 Å². The molecule has 0 aromatic rings. The monoisotopic (exact) mass is 239 g/mol. The van der Waals surface area contributed by atoms with Crippen molar-refractivity contribution in [3.8, 4) is 0 Å². The highest BCUT2D eigenvalue weighted by molar-refractivity contribution is 5.91. The Kier molecular flexibility index (Phi) is 4.65. The first-order valence-corrected chi connectivity index (χ1v) is 6.13. The van der Waals surface area contributed by atoms with Crippen LogP contribution in [0.4, 0.5) is 0 Å². The van der Waals surface area contributed by atoms with Crippen LogP contribution < -0.4 is 16.5 Å². The van der Waals surface area contributed by atoms with Crippen molar-refractivity contribution in [2.45, 2.75) is 39.2 Å². The van der Waals surface area contributed by atoms with Crippen molar-refractivity contribution in [1.82, 2.24) is 10.7 Å². The van der Waals surface area contributed by atoms with Crippen LogP contribution in [-0.4, -0.2) is 37.7 Å². The van der Waals surface area contributed by atoms with Gasteiger partial charge in [-0.3, -0.25) is 10.4 Å². The van der Waals surface area contributed by atoms with Crippen LogP contribution >= 0.6 is 0 Å². The molecule has 1 atom stereocenters. The molecule has 0 saturated carbocycles. The Hall–Kier alpha value is -0.940. The van der Waals surface area contributed by atoms with Gasteiger partial charge in [-0.25, -0.2) is 0 Å². The largest absolute Gasteiger partial charge is 0.330 e. The Balaban J connectivity index is 2.71. The molecule has 1 rings (SSSR count). The van der Waals surface area contributed by atoms with Crippen LogP contribution in [0.1, 0.15) is 33.6 Å². The highest BCUT2D eigenvalue weighted by Crippen LogP contribution is 2.17. The molecule has 0 aromatic heterocycles. The van der Waals surface area contributed by atoms with Crippen LogP contribution in [0.15, 0.2) is 10.1 Å². The van der Waals surface area contributed by atoms with Gasteiger partial charge < -0.3 is 11.1 Å². The third kappa shape index (κ3) is 4.44. The zero-order chi connectivity index (χ0) is 12.9. The summed E-state index contributed by atoms with van der Waals surface area (Å²) in [6.45, 7) is 7.96. The van der Waals surface area contributed by atoms with Crippen molar-refractivity contribution in [2.24, 2.45) is 21.2 Å². The van der Waals surface area contributed by atoms with E-state index in [9.17, 15) is 0 Å². The predicted molar refractivity (Wildman–Crippen MR) is 73.5 cm³/mol. The number of hydrazone groups is 1. The molecule has 1 aliphatic rings. The van der Waals surface area contributed by atoms with E-state index in [0.29, 0.717) is 6.54 Å². The van der Waals surface area contributed by atoms with Crippen LogP contribution in [0.3, 0.4) is 0 Å². The summed E-state index contributed by atoms with van der Waals surface area (Å²) in [6.07, 6.45) is 3.58. The topological polar surface area (TPSA) is 74.8 Å². The lowest BCUT2D eigenvalue weighted by atomic mass is 9.91. The molecule has 0 amide bonds. The minimum Gasteiger partial charge on any atom is -0.330 e. The standard InChI is InChI=1S/C12H25N5/c1-11(2,3)8-15-10-7-12(14-4,5-6-13)9-16-17-10/h9,14H,5-8,13H2,1-4H3,(H,15,17). The highest BCUT2D eigenvalue weighted by atomic mass is 15.3. The summed E-state index contributed by atoms with van der Waals surface area (Å²) in [5.74, 6) is 0.935. The zero-order valence-electron chi connectivity index (χ0n) is 11.4. The Morgan fingerprint density at radius 3 is 2.82 bits per heavy atom. The normalized spacial score (nSPS) is 27.2. The van der Waals surface area contributed by atoms with E-state index in [0.717, 1.165) is 25.2 Å². The molecule has 5 nitrogen and oxygen atoms in total. The lowest BCUT2D eigenvalue weighted by molar-refractivity contribution is 0.421. The van der Waals surface area contributed by atoms with Crippen molar-refractivity contribution in [1.29, 1.82) is 0 Å². The molecule has 0 spiro atoms. The first-order valence-electron chi connectivity index (χ1n) is 6.13. The Morgan fingerprint density at radius 2 is 2.29 bits per heavy atom. The number of rotatable bonds is 4. The molecule has 1 heterocycles. The van der Waals surface area contributed by atoms with Gasteiger partial charge in [-0.15, -0.1) is 0 Å². The van der Waals surface area contributed by atoms with Gasteiger partial charge in [-0.05, 0) is 25.4 Å². The van der Waals surface area contributed by atoms with Gasteiger partial charge in [-0.2, -0.15) is 5.10 Å². The fourth-order valence-corrected chi connectivity index (χ4v) is 1.73. The smallest absolute Gasteiger partial charge is 0.119 e. The van der Waals surface area contributed by atoms with E-state index in [1.807, 2.05) is 13.3 Å². The maximum Gasteiger partial charge on any atom is 0.119 e. The van der Waals surface area contributed by atoms with Crippen LogP contribution in [0.2, 0.25) is 0 Å². The number of hydrogen-bond acceptors (Lipinski definition) is 4. The third-order valence-electron chi connectivity index (χ3n) is 2.82. The Bertz CT molecular complexity index is 303. The maximum atomic E-state index is 5.65. The summed E-state index contributed by atoms with van der Waals surface area (Å²) < 4.78 is 0. The molecule has 17 heavy (non-hydrogen) atoms. The van der Waals surface area contributed by atoms with Gasteiger partial charge in [0.1, 0.15) is 5.84 Å². The summed E-state index contributed by atoms with van der Waals surface area (Å²) >= 11 is 0. The molecular formula is C12H25N5. The second-order valence-electron chi connectivity index (χ2n) is 5.82. The first kappa shape index (κ1) is 14.1. The highest BCUT2D eigenvalue weighted by Gasteiger charge is 2.30. The number of amidine groups is 1. The summed E-state index contributed by atoms with van der Waals surface area (Å²) in [4.78, 5) is 4.59. The molecule has 0 bridgehead atoms. The van der Waals surface area contributed by atoms with E-state index in [1.54, 1.807) is 0 Å². The molecule has 4 N–H and O–H groups in total. The molecule has 98 valence electrons. The van der Waals surface area contributed by atoms with Gasteiger partial charge in [0, 0.05) is 19.2 Å². The van der Waals surface area contributed by atoms with Gasteiger partial charge in [0.05, 0.1) is 5.54 Å². The van der Waals surface area contributed by atoms with E-state index in [2.05, 4.69) is 41.6 Å². The van der Waals surface area contributed by atoms with Crippen molar-refractivity contribution < 1.29 is 0 Å². The lowest BCUT2D eigenvalue weighted by Crippen LogP contribution is -2.52. The van der Waals surface area contributed by atoms with Crippen LogP contribution in [0.25, 0.3) is 0 Å². The maximum absolute atomic E-state index is 5.65. The average molecular weight is 239 g/mol. The SMILES string of the molecule is CNC1(CCN)C=NNC(=NCC(C)(C)C)C1. The van der Waals surface area contributed by atoms with E-state index < -0.39 is 0 Å². The van der Waals surface area contributed by atoms with E-state index >= 15 is 0 Å². The fraction of sp³-hybridized carbons (Fsp3) is 0.833. The van der Waals surface area contributed by atoms with E-state index in [-0.39, 0.29) is 11.0 Å². The quantitative estimate of drug-likeness (QED) is 0.676. The Morgan fingerprint density at radius 1 is 1.59 bits per heavy atom. The minimum absolute atomic E-state index is 0.142.